The van der Waals surface area contributed by atoms with E-state index >= 15 is 0 Å². The summed E-state index contributed by atoms with van der Waals surface area (Å²) in [5, 5.41) is 13.5. The highest BCUT2D eigenvalue weighted by Crippen LogP contribution is 2.27. The van der Waals surface area contributed by atoms with E-state index in [0.29, 0.717) is 32.4 Å². The molecule has 0 bridgehead atoms. The number of hydrogen-bond donors (Lipinski definition) is 2. The number of aromatic nitrogens is 2. The van der Waals surface area contributed by atoms with Crippen LogP contribution in [0.3, 0.4) is 0 Å². The number of nitrogens with one attached hydrogen (secondary N) is 2. The highest BCUT2D eigenvalue weighted by atomic mass is 35.5. The Morgan fingerprint density at radius 3 is 2.62 bits per heavy atom. The number of nitrogens with zero attached hydrogens (tertiary/aromatic N) is 3. The third-order valence-corrected chi connectivity index (χ3v) is 4.52. The van der Waals surface area contributed by atoms with Gasteiger partial charge in [0.05, 0.1) is 24.0 Å². The van der Waals surface area contributed by atoms with E-state index in [2.05, 4.69) is 20.9 Å². The number of hydrazone groups is 1. The monoisotopic (exact) mass is 403 g/mol. The minimum atomic E-state index is 0.370. The van der Waals surface area contributed by atoms with Crippen LogP contribution >= 0.6 is 47.0 Å². The maximum Gasteiger partial charge on any atom is 0.186 e. The lowest BCUT2D eigenvalue weighted by Gasteiger charge is -2.08. The third-order valence-electron chi connectivity index (χ3n) is 3.18. The smallest absolute Gasteiger partial charge is 0.186 e. The largest absolute Gasteiger partial charge is 0.362 e. The Bertz CT molecular complexity index is 752. The van der Waals surface area contributed by atoms with E-state index in [0.717, 1.165) is 17.8 Å². The van der Waals surface area contributed by atoms with Gasteiger partial charge in [0.15, 0.2) is 5.11 Å². The maximum atomic E-state index is 6.41. The van der Waals surface area contributed by atoms with Gasteiger partial charge >= 0.3 is 0 Å². The zero-order valence-electron chi connectivity index (χ0n) is 13.1. The van der Waals surface area contributed by atoms with Crippen molar-refractivity contribution in [2.24, 2.45) is 5.10 Å². The summed E-state index contributed by atoms with van der Waals surface area (Å²) in [5.74, 6) is 0. The zero-order chi connectivity index (χ0) is 17.7. The fourth-order valence-electron chi connectivity index (χ4n) is 2.01. The van der Waals surface area contributed by atoms with Gasteiger partial charge in [0.25, 0.3) is 0 Å². The van der Waals surface area contributed by atoms with Crippen molar-refractivity contribution in [3.63, 3.8) is 0 Å². The number of hydrogen-bond acceptors (Lipinski definition) is 3. The second-order valence-electron chi connectivity index (χ2n) is 4.88. The van der Waals surface area contributed by atoms with Crippen molar-refractivity contribution in [1.82, 2.24) is 20.5 Å². The number of rotatable bonds is 5. The fraction of sp³-hybridized carbons (Fsp3) is 0.267. The predicted molar refractivity (Wildman–Crippen MR) is 105 cm³/mol. The summed E-state index contributed by atoms with van der Waals surface area (Å²) in [6.07, 6.45) is 1.58. The summed E-state index contributed by atoms with van der Waals surface area (Å²) < 4.78 is 1.63. The van der Waals surface area contributed by atoms with Gasteiger partial charge in [-0.25, -0.2) is 4.68 Å². The Morgan fingerprint density at radius 1 is 1.33 bits per heavy atom. The first kappa shape index (κ1) is 19.0. The first-order chi connectivity index (χ1) is 11.4. The number of aryl methyl sites for hydroxylation is 1. The van der Waals surface area contributed by atoms with Crippen LogP contribution in [0.15, 0.2) is 23.3 Å². The SMILES string of the molecule is CCNC(=S)N/N=C\c1c(C)nn(Cc2c(Cl)cccc2Cl)c1Cl. The summed E-state index contributed by atoms with van der Waals surface area (Å²) in [4.78, 5) is 0. The summed E-state index contributed by atoms with van der Waals surface area (Å²) in [6.45, 7) is 4.88. The molecule has 9 heteroatoms. The molecule has 1 aromatic carbocycles. The second kappa shape index (κ2) is 8.67. The molecule has 0 atom stereocenters. The van der Waals surface area contributed by atoms with E-state index in [1.807, 2.05) is 13.8 Å². The van der Waals surface area contributed by atoms with Gasteiger partial charge in [0.2, 0.25) is 0 Å². The van der Waals surface area contributed by atoms with Crippen LogP contribution in [0.2, 0.25) is 15.2 Å². The Balaban J connectivity index is 2.20. The highest BCUT2D eigenvalue weighted by molar-refractivity contribution is 7.80. The van der Waals surface area contributed by atoms with E-state index in [4.69, 9.17) is 47.0 Å². The zero-order valence-corrected chi connectivity index (χ0v) is 16.2. The lowest BCUT2D eigenvalue weighted by Crippen LogP contribution is -2.31. The number of benzene rings is 1. The van der Waals surface area contributed by atoms with E-state index in [-0.39, 0.29) is 0 Å². The van der Waals surface area contributed by atoms with Crippen molar-refractivity contribution in [1.29, 1.82) is 0 Å². The molecule has 0 aliphatic carbocycles. The van der Waals surface area contributed by atoms with Crippen LogP contribution in [0.25, 0.3) is 0 Å². The van der Waals surface area contributed by atoms with Gasteiger partial charge in [-0.2, -0.15) is 10.2 Å². The van der Waals surface area contributed by atoms with E-state index in [9.17, 15) is 0 Å². The van der Waals surface area contributed by atoms with E-state index < -0.39 is 0 Å². The minimum Gasteiger partial charge on any atom is -0.362 e. The molecule has 5 nitrogen and oxygen atoms in total. The third kappa shape index (κ3) is 4.60. The standard InChI is InChI=1S/C15H16Cl3N5S/c1-3-19-15(24)21-20-7-10-9(2)22-23(14(10)18)8-11-12(16)5-4-6-13(11)17/h4-7H,3,8H2,1-2H3,(H2,19,21,24)/b20-7-. The highest BCUT2D eigenvalue weighted by Gasteiger charge is 2.14. The molecule has 0 aliphatic rings. The van der Waals surface area contributed by atoms with Gasteiger partial charge in [-0.3, -0.25) is 5.43 Å². The predicted octanol–water partition coefficient (Wildman–Crippen LogP) is 4.02. The molecule has 1 heterocycles. The van der Waals surface area contributed by atoms with Crippen LogP contribution in [0.1, 0.15) is 23.7 Å². The lowest BCUT2D eigenvalue weighted by molar-refractivity contribution is 0.680. The summed E-state index contributed by atoms with van der Waals surface area (Å²) in [5.41, 5.74) is 4.92. The Labute approximate surface area is 161 Å². The van der Waals surface area contributed by atoms with Gasteiger partial charge in [-0.1, -0.05) is 40.9 Å². The van der Waals surface area contributed by atoms with Gasteiger partial charge < -0.3 is 5.32 Å². The summed E-state index contributed by atoms with van der Waals surface area (Å²) in [7, 11) is 0. The van der Waals surface area contributed by atoms with Crippen LogP contribution < -0.4 is 10.7 Å². The average molecular weight is 405 g/mol. The van der Waals surface area contributed by atoms with Gasteiger partial charge in [0, 0.05) is 22.2 Å². The van der Waals surface area contributed by atoms with Crippen molar-refractivity contribution in [2.45, 2.75) is 20.4 Å². The van der Waals surface area contributed by atoms with Gasteiger partial charge in [-0.05, 0) is 38.2 Å². The summed E-state index contributed by atoms with van der Waals surface area (Å²) >= 11 is 23.8. The van der Waals surface area contributed by atoms with Crippen LogP contribution in [0.5, 0.6) is 0 Å². The Kier molecular flexibility index (Phi) is 6.86. The normalized spacial score (nSPS) is 11.0. The molecule has 0 saturated carbocycles. The fourth-order valence-corrected chi connectivity index (χ4v) is 3.00. The molecule has 0 fully saturated rings. The lowest BCUT2D eigenvalue weighted by atomic mass is 10.2. The molecule has 0 radical (unpaired) electrons. The van der Waals surface area contributed by atoms with E-state index in [1.165, 1.54) is 0 Å². The Hall–Kier alpha value is -1.34. The quantitative estimate of drug-likeness (QED) is 0.449. The molecule has 24 heavy (non-hydrogen) atoms. The molecule has 0 amide bonds. The van der Waals surface area contributed by atoms with Crippen molar-refractivity contribution in [3.8, 4) is 0 Å². The molecular formula is C15H16Cl3N5S. The molecule has 2 rings (SSSR count). The van der Waals surface area contributed by atoms with Crippen LogP contribution in [-0.2, 0) is 6.54 Å². The molecule has 0 saturated heterocycles. The molecule has 128 valence electrons. The first-order valence-electron chi connectivity index (χ1n) is 7.16. The van der Waals surface area contributed by atoms with Gasteiger partial charge in [-0.15, -0.1) is 0 Å². The molecule has 0 spiro atoms. The topological polar surface area (TPSA) is 54.2 Å². The van der Waals surface area contributed by atoms with Crippen LogP contribution in [0.4, 0.5) is 0 Å². The number of halogens is 3. The molecule has 1 aromatic heterocycles. The molecular weight excluding hydrogens is 389 g/mol. The average Bonchev–Trinajstić information content (AvgIpc) is 2.79. The molecule has 2 aromatic rings. The van der Waals surface area contributed by atoms with Gasteiger partial charge in [0.1, 0.15) is 5.15 Å². The van der Waals surface area contributed by atoms with Crippen molar-refractivity contribution in [2.75, 3.05) is 6.54 Å². The molecule has 0 aliphatic heterocycles. The van der Waals surface area contributed by atoms with Crippen molar-refractivity contribution >= 4 is 58.3 Å². The summed E-state index contributed by atoms with van der Waals surface area (Å²) in [6, 6.07) is 5.35. The second-order valence-corrected chi connectivity index (χ2v) is 6.46. The van der Waals surface area contributed by atoms with Crippen LogP contribution in [0, 0.1) is 6.92 Å². The van der Waals surface area contributed by atoms with E-state index in [1.54, 1.807) is 29.1 Å². The van der Waals surface area contributed by atoms with Crippen molar-refractivity contribution in [3.05, 3.63) is 50.2 Å². The van der Waals surface area contributed by atoms with Crippen molar-refractivity contribution < 1.29 is 0 Å². The maximum absolute atomic E-state index is 6.41. The number of thiocarbonyl (C=S) groups is 1. The molecule has 2 N–H and O–H groups in total. The first-order valence-corrected chi connectivity index (χ1v) is 8.71. The molecule has 0 unspecified atom stereocenters. The Morgan fingerprint density at radius 2 is 2.00 bits per heavy atom. The van der Waals surface area contributed by atoms with Crippen LogP contribution in [-0.4, -0.2) is 27.7 Å². The minimum absolute atomic E-state index is 0.370.